The van der Waals surface area contributed by atoms with Crippen LogP contribution in [0.3, 0.4) is 0 Å². The second-order valence-electron chi connectivity index (χ2n) is 8.06. The van der Waals surface area contributed by atoms with Crippen molar-refractivity contribution in [1.82, 2.24) is 4.90 Å². The molecule has 0 spiro atoms. The number of anilines is 2. The van der Waals surface area contributed by atoms with E-state index in [1.54, 1.807) is 0 Å². The first-order chi connectivity index (χ1) is 15.0. The van der Waals surface area contributed by atoms with Crippen molar-refractivity contribution in [3.05, 3.63) is 58.1 Å². The predicted octanol–water partition coefficient (Wildman–Crippen LogP) is 5.41. The van der Waals surface area contributed by atoms with Crippen molar-refractivity contribution in [3.63, 3.8) is 0 Å². The van der Waals surface area contributed by atoms with Gasteiger partial charge in [0.15, 0.2) is 0 Å². The lowest BCUT2D eigenvalue weighted by molar-refractivity contribution is -0.137. The summed E-state index contributed by atoms with van der Waals surface area (Å²) in [5.74, 6) is -0.598. The van der Waals surface area contributed by atoms with E-state index in [-0.39, 0.29) is 30.6 Å². The summed E-state index contributed by atoms with van der Waals surface area (Å²) in [6.07, 6.45) is -2.66. The zero-order valence-electron chi connectivity index (χ0n) is 17.9. The number of nitrogens with one attached hydrogen (secondary N) is 2. The number of carbonyl (C=O) groups excluding carboxylic acids is 2. The Labute approximate surface area is 189 Å². The van der Waals surface area contributed by atoms with Crippen molar-refractivity contribution in [1.29, 1.82) is 0 Å². The number of benzene rings is 2. The Hall–Kier alpha value is -2.58. The van der Waals surface area contributed by atoms with Gasteiger partial charge in [-0.05, 0) is 62.1 Å². The smallest absolute Gasteiger partial charge is 0.326 e. The first-order valence-electron chi connectivity index (χ1n) is 10.3. The van der Waals surface area contributed by atoms with Crippen LogP contribution < -0.4 is 10.6 Å². The summed E-state index contributed by atoms with van der Waals surface area (Å²) < 4.78 is 39.0. The molecule has 0 heterocycles. The zero-order valence-corrected chi connectivity index (χ0v) is 18.6. The average Bonchev–Trinajstić information content (AvgIpc) is 3.54. The Balaban J connectivity index is 1.55. The predicted molar refractivity (Wildman–Crippen MR) is 119 cm³/mol. The summed E-state index contributed by atoms with van der Waals surface area (Å²) in [5.41, 5.74) is 1.78. The van der Waals surface area contributed by atoms with Crippen molar-refractivity contribution in [2.24, 2.45) is 0 Å². The molecule has 2 amide bonds. The molecule has 0 radical (unpaired) electrons. The van der Waals surface area contributed by atoms with Crippen LogP contribution in [0.2, 0.25) is 5.02 Å². The highest BCUT2D eigenvalue weighted by molar-refractivity contribution is 6.31. The molecule has 0 bridgehead atoms. The van der Waals surface area contributed by atoms with Crippen LogP contribution >= 0.6 is 11.6 Å². The van der Waals surface area contributed by atoms with Crippen LogP contribution in [0.25, 0.3) is 0 Å². The van der Waals surface area contributed by atoms with E-state index in [4.69, 9.17) is 11.6 Å². The largest absolute Gasteiger partial charge is 0.417 e. The maximum Gasteiger partial charge on any atom is 0.417 e. The lowest BCUT2D eigenvalue weighted by atomic mass is 10.1. The molecule has 1 aliphatic carbocycles. The van der Waals surface area contributed by atoms with Gasteiger partial charge in [-0.15, -0.1) is 0 Å². The van der Waals surface area contributed by atoms with Gasteiger partial charge in [0.05, 0.1) is 17.1 Å². The minimum atomic E-state index is -4.61. The van der Waals surface area contributed by atoms with Crippen LogP contribution in [-0.2, 0) is 15.8 Å². The Bertz CT molecular complexity index is 1010. The van der Waals surface area contributed by atoms with Crippen LogP contribution in [0.1, 0.15) is 36.0 Å². The molecule has 1 aliphatic rings. The lowest BCUT2D eigenvalue weighted by Crippen LogP contribution is -2.37. The van der Waals surface area contributed by atoms with Gasteiger partial charge in [0.1, 0.15) is 0 Å². The molecule has 0 saturated heterocycles. The van der Waals surface area contributed by atoms with Crippen LogP contribution in [0.5, 0.6) is 0 Å². The summed E-state index contributed by atoms with van der Waals surface area (Å²) in [6, 6.07) is 9.30. The first kappa shape index (κ1) is 24.1. The number of aryl methyl sites for hydroxylation is 2. The van der Waals surface area contributed by atoms with Gasteiger partial charge in [0.25, 0.3) is 0 Å². The molecule has 2 N–H and O–H groups in total. The lowest BCUT2D eigenvalue weighted by Gasteiger charge is -2.21. The SMILES string of the molecule is Cc1ccc(C)c(NC(=O)CN(CCC(=O)Nc2ccc(Cl)c(C(F)(F)F)c2)C2CC2)c1. The molecule has 2 aromatic carbocycles. The van der Waals surface area contributed by atoms with Gasteiger partial charge in [-0.3, -0.25) is 14.5 Å². The molecule has 1 fully saturated rings. The molecule has 172 valence electrons. The van der Waals surface area contributed by atoms with E-state index in [1.807, 2.05) is 36.9 Å². The standard InChI is InChI=1S/C23H25ClF3N3O2/c1-14-3-4-15(2)20(11-14)29-22(32)13-30(17-6-7-17)10-9-21(31)28-16-5-8-19(24)18(12-16)23(25,26)27/h3-5,8,11-12,17H,6-7,9-10,13H2,1-2H3,(H,28,31)(H,29,32). The van der Waals surface area contributed by atoms with Crippen molar-refractivity contribution in [2.45, 2.75) is 45.3 Å². The van der Waals surface area contributed by atoms with Gasteiger partial charge in [-0.1, -0.05) is 23.7 Å². The van der Waals surface area contributed by atoms with Gasteiger partial charge >= 0.3 is 6.18 Å². The van der Waals surface area contributed by atoms with Crippen LogP contribution in [0, 0.1) is 13.8 Å². The molecular weight excluding hydrogens is 443 g/mol. The number of amides is 2. The highest BCUT2D eigenvalue weighted by Crippen LogP contribution is 2.36. The molecule has 0 atom stereocenters. The fraction of sp³-hybridized carbons (Fsp3) is 0.391. The minimum absolute atomic E-state index is 0.0253. The molecule has 2 aromatic rings. The molecule has 0 aromatic heterocycles. The molecule has 32 heavy (non-hydrogen) atoms. The fourth-order valence-corrected chi connectivity index (χ4v) is 3.59. The second-order valence-corrected chi connectivity index (χ2v) is 8.47. The van der Waals surface area contributed by atoms with Crippen LogP contribution in [0.15, 0.2) is 36.4 Å². The van der Waals surface area contributed by atoms with Crippen molar-refractivity contribution >= 4 is 34.8 Å². The van der Waals surface area contributed by atoms with Gasteiger partial charge in [0, 0.05) is 30.4 Å². The van der Waals surface area contributed by atoms with E-state index >= 15 is 0 Å². The van der Waals surface area contributed by atoms with E-state index in [1.165, 1.54) is 6.07 Å². The second kappa shape index (κ2) is 9.92. The van der Waals surface area contributed by atoms with E-state index in [2.05, 4.69) is 10.6 Å². The van der Waals surface area contributed by atoms with Crippen molar-refractivity contribution in [3.8, 4) is 0 Å². The zero-order chi connectivity index (χ0) is 23.5. The van der Waals surface area contributed by atoms with Crippen LogP contribution in [0.4, 0.5) is 24.5 Å². The fourth-order valence-electron chi connectivity index (χ4n) is 3.36. The van der Waals surface area contributed by atoms with Crippen molar-refractivity contribution < 1.29 is 22.8 Å². The topological polar surface area (TPSA) is 61.4 Å². The maximum absolute atomic E-state index is 13.0. The summed E-state index contributed by atoms with van der Waals surface area (Å²) in [4.78, 5) is 26.8. The molecule has 9 heteroatoms. The molecule has 1 saturated carbocycles. The minimum Gasteiger partial charge on any atom is -0.326 e. The molecule has 0 aliphatic heterocycles. The normalized spacial score (nSPS) is 13.8. The third kappa shape index (κ3) is 6.71. The molecule has 5 nitrogen and oxygen atoms in total. The monoisotopic (exact) mass is 467 g/mol. The molecule has 3 rings (SSSR count). The highest BCUT2D eigenvalue weighted by atomic mass is 35.5. The number of hydrogen-bond acceptors (Lipinski definition) is 3. The molecule has 0 unspecified atom stereocenters. The van der Waals surface area contributed by atoms with Gasteiger partial charge < -0.3 is 10.6 Å². The maximum atomic E-state index is 13.0. The average molecular weight is 468 g/mol. The van der Waals surface area contributed by atoms with Crippen LogP contribution in [-0.4, -0.2) is 35.8 Å². The quantitative estimate of drug-likeness (QED) is 0.546. The Morgan fingerprint density at radius 2 is 1.78 bits per heavy atom. The summed E-state index contributed by atoms with van der Waals surface area (Å²) in [5, 5.41) is 4.97. The number of alkyl halides is 3. The Kier molecular flexibility index (Phi) is 7.46. The van der Waals surface area contributed by atoms with Gasteiger partial charge in [-0.2, -0.15) is 13.2 Å². The van der Waals surface area contributed by atoms with E-state index in [0.717, 1.165) is 41.8 Å². The first-order valence-corrected chi connectivity index (χ1v) is 10.7. The van der Waals surface area contributed by atoms with Gasteiger partial charge in [0.2, 0.25) is 11.8 Å². The third-order valence-electron chi connectivity index (χ3n) is 5.26. The highest BCUT2D eigenvalue weighted by Gasteiger charge is 2.34. The number of nitrogens with zero attached hydrogens (tertiary/aromatic N) is 1. The number of halogens is 4. The summed E-state index contributed by atoms with van der Waals surface area (Å²) in [6.45, 7) is 4.34. The number of rotatable bonds is 8. The van der Waals surface area contributed by atoms with E-state index in [9.17, 15) is 22.8 Å². The summed E-state index contributed by atoms with van der Waals surface area (Å²) in [7, 11) is 0. The Morgan fingerprint density at radius 3 is 2.44 bits per heavy atom. The van der Waals surface area contributed by atoms with Crippen molar-refractivity contribution in [2.75, 3.05) is 23.7 Å². The number of hydrogen-bond donors (Lipinski definition) is 2. The number of carbonyl (C=O) groups is 2. The Morgan fingerprint density at radius 1 is 1.06 bits per heavy atom. The van der Waals surface area contributed by atoms with E-state index < -0.39 is 22.7 Å². The molecular formula is C23H25ClF3N3O2. The third-order valence-corrected chi connectivity index (χ3v) is 5.59. The van der Waals surface area contributed by atoms with Gasteiger partial charge in [-0.25, -0.2) is 0 Å². The summed E-state index contributed by atoms with van der Waals surface area (Å²) >= 11 is 5.61. The van der Waals surface area contributed by atoms with E-state index in [0.29, 0.717) is 6.54 Å².